The van der Waals surface area contributed by atoms with Gasteiger partial charge in [-0.1, -0.05) is 36.4 Å². The summed E-state index contributed by atoms with van der Waals surface area (Å²) in [5.41, 5.74) is 19.4. The molecule has 0 unspecified atom stereocenters. The van der Waals surface area contributed by atoms with Crippen molar-refractivity contribution in [2.45, 2.75) is 6.54 Å². The molecule has 0 radical (unpaired) electrons. The molecular formula is C23H21N3S. The van der Waals surface area contributed by atoms with Crippen LogP contribution in [-0.2, 0) is 6.54 Å². The molecule has 4 N–H and O–H groups in total. The van der Waals surface area contributed by atoms with Gasteiger partial charge in [-0.2, -0.15) is 11.3 Å². The van der Waals surface area contributed by atoms with Gasteiger partial charge < -0.3 is 16.4 Å². The first-order valence-corrected chi connectivity index (χ1v) is 9.75. The zero-order chi connectivity index (χ0) is 18.6. The molecule has 0 aliphatic rings. The van der Waals surface area contributed by atoms with Crippen LogP contribution in [0.5, 0.6) is 0 Å². The van der Waals surface area contributed by atoms with E-state index in [0.29, 0.717) is 0 Å². The van der Waals surface area contributed by atoms with Crippen LogP contribution in [0.15, 0.2) is 89.6 Å². The van der Waals surface area contributed by atoms with Crippen molar-refractivity contribution < 1.29 is 0 Å². The van der Waals surface area contributed by atoms with Crippen LogP contribution in [0.25, 0.3) is 11.1 Å². The molecule has 0 aliphatic heterocycles. The summed E-state index contributed by atoms with van der Waals surface area (Å²) in [6.45, 7) is 0.751. The van der Waals surface area contributed by atoms with Crippen molar-refractivity contribution in [1.82, 2.24) is 0 Å². The summed E-state index contributed by atoms with van der Waals surface area (Å²) >= 11 is 1.68. The van der Waals surface area contributed by atoms with Crippen LogP contribution in [0, 0.1) is 0 Å². The molecule has 0 aliphatic carbocycles. The highest BCUT2D eigenvalue weighted by Crippen LogP contribution is 2.36. The second-order valence-corrected chi connectivity index (χ2v) is 7.16. The number of nitrogens with two attached hydrogens (primary N) is 2. The van der Waals surface area contributed by atoms with E-state index in [4.69, 9.17) is 11.5 Å². The lowest BCUT2D eigenvalue weighted by Gasteiger charge is -2.25. The Kier molecular flexibility index (Phi) is 4.81. The molecule has 0 bridgehead atoms. The smallest absolute Gasteiger partial charge is 0.0496 e. The summed E-state index contributed by atoms with van der Waals surface area (Å²) in [5, 5.41) is 4.34. The quantitative estimate of drug-likeness (QED) is 0.428. The SMILES string of the molecule is Nc1ccc(N)c(-c2cscc2CN(c2ccccc2)c2ccccc2)c1. The molecular weight excluding hydrogens is 350 g/mol. The van der Waals surface area contributed by atoms with E-state index in [-0.39, 0.29) is 0 Å². The van der Waals surface area contributed by atoms with Crippen LogP contribution >= 0.6 is 11.3 Å². The zero-order valence-electron chi connectivity index (χ0n) is 14.9. The molecule has 1 aromatic heterocycles. The average molecular weight is 372 g/mol. The largest absolute Gasteiger partial charge is 0.399 e. The van der Waals surface area contributed by atoms with Gasteiger partial charge in [0.25, 0.3) is 0 Å². The maximum atomic E-state index is 6.24. The van der Waals surface area contributed by atoms with Crippen LogP contribution < -0.4 is 16.4 Å². The van der Waals surface area contributed by atoms with Gasteiger partial charge in [0.1, 0.15) is 0 Å². The molecule has 27 heavy (non-hydrogen) atoms. The Morgan fingerprint density at radius 3 is 1.96 bits per heavy atom. The summed E-state index contributed by atoms with van der Waals surface area (Å²) in [7, 11) is 0. The summed E-state index contributed by atoms with van der Waals surface area (Å²) in [4.78, 5) is 2.31. The molecule has 0 fully saturated rings. The molecule has 0 atom stereocenters. The Morgan fingerprint density at radius 2 is 1.33 bits per heavy atom. The predicted molar refractivity (Wildman–Crippen MR) is 117 cm³/mol. The van der Waals surface area contributed by atoms with Gasteiger partial charge >= 0.3 is 0 Å². The van der Waals surface area contributed by atoms with Crippen molar-refractivity contribution in [3.8, 4) is 11.1 Å². The second kappa shape index (κ2) is 7.56. The lowest BCUT2D eigenvalue weighted by Crippen LogP contribution is -2.16. The number of thiophene rings is 1. The van der Waals surface area contributed by atoms with E-state index in [1.807, 2.05) is 30.3 Å². The third-order valence-electron chi connectivity index (χ3n) is 4.57. The van der Waals surface area contributed by atoms with Gasteiger partial charge in [0.15, 0.2) is 0 Å². The fourth-order valence-corrected chi connectivity index (χ4v) is 4.06. The van der Waals surface area contributed by atoms with E-state index in [0.717, 1.165) is 40.4 Å². The van der Waals surface area contributed by atoms with Crippen molar-refractivity contribution >= 4 is 34.1 Å². The summed E-state index contributed by atoms with van der Waals surface area (Å²) < 4.78 is 0. The third-order valence-corrected chi connectivity index (χ3v) is 5.37. The normalized spacial score (nSPS) is 10.7. The van der Waals surface area contributed by atoms with E-state index < -0.39 is 0 Å². The maximum Gasteiger partial charge on any atom is 0.0496 e. The van der Waals surface area contributed by atoms with E-state index >= 15 is 0 Å². The Morgan fingerprint density at radius 1 is 0.704 bits per heavy atom. The number of nitrogen functional groups attached to an aromatic ring is 2. The van der Waals surface area contributed by atoms with Crippen molar-refractivity contribution in [3.63, 3.8) is 0 Å². The zero-order valence-corrected chi connectivity index (χ0v) is 15.7. The third kappa shape index (κ3) is 3.66. The molecule has 134 valence electrons. The first-order chi connectivity index (χ1) is 13.2. The molecule has 4 rings (SSSR count). The summed E-state index contributed by atoms with van der Waals surface area (Å²) in [6, 6.07) is 26.5. The van der Waals surface area contributed by atoms with Gasteiger partial charge in [0, 0.05) is 34.9 Å². The molecule has 0 spiro atoms. The van der Waals surface area contributed by atoms with Crippen molar-refractivity contribution in [1.29, 1.82) is 0 Å². The Bertz CT molecular complexity index is 986. The monoisotopic (exact) mass is 371 g/mol. The molecule has 0 amide bonds. The Balaban J connectivity index is 1.75. The van der Waals surface area contributed by atoms with Crippen LogP contribution in [0.4, 0.5) is 22.7 Å². The van der Waals surface area contributed by atoms with Crippen LogP contribution in [0.2, 0.25) is 0 Å². The van der Waals surface area contributed by atoms with Crippen molar-refractivity contribution in [3.05, 3.63) is 95.2 Å². The van der Waals surface area contributed by atoms with E-state index in [2.05, 4.69) is 64.2 Å². The minimum absolute atomic E-state index is 0.722. The predicted octanol–water partition coefficient (Wildman–Crippen LogP) is 5.92. The molecule has 0 saturated heterocycles. The molecule has 1 heterocycles. The summed E-state index contributed by atoms with van der Waals surface area (Å²) in [6.07, 6.45) is 0. The molecule has 0 saturated carbocycles. The first kappa shape index (κ1) is 17.2. The molecule has 3 aromatic carbocycles. The highest BCUT2D eigenvalue weighted by Gasteiger charge is 2.15. The second-order valence-electron chi connectivity index (χ2n) is 6.41. The van der Waals surface area contributed by atoms with Gasteiger partial charge in [0.2, 0.25) is 0 Å². The maximum absolute atomic E-state index is 6.24. The van der Waals surface area contributed by atoms with Crippen molar-refractivity contribution in [2.75, 3.05) is 16.4 Å². The van der Waals surface area contributed by atoms with Crippen LogP contribution in [0.3, 0.4) is 0 Å². The van der Waals surface area contributed by atoms with Gasteiger partial charge in [-0.15, -0.1) is 0 Å². The number of hydrogen-bond donors (Lipinski definition) is 2. The Hall–Kier alpha value is -3.24. The fourth-order valence-electron chi connectivity index (χ4n) is 3.21. The molecule has 3 nitrogen and oxygen atoms in total. The molecule has 4 heteroatoms. The van der Waals surface area contributed by atoms with Gasteiger partial charge in [0.05, 0.1) is 0 Å². The number of benzene rings is 3. The van der Waals surface area contributed by atoms with Crippen LogP contribution in [0.1, 0.15) is 5.56 Å². The number of hydrogen-bond acceptors (Lipinski definition) is 4. The summed E-state index contributed by atoms with van der Waals surface area (Å²) in [5.74, 6) is 0. The number of anilines is 4. The highest BCUT2D eigenvalue weighted by molar-refractivity contribution is 7.08. The number of para-hydroxylation sites is 2. The lowest BCUT2D eigenvalue weighted by atomic mass is 10.0. The standard InChI is InChI=1S/C23H21N3S/c24-18-11-12-23(25)21(13-18)22-16-27-15-17(22)14-26(19-7-3-1-4-8-19)20-9-5-2-6-10-20/h1-13,15-16H,14,24-25H2. The minimum atomic E-state index is 0.722. The average Bonchev–Trinajstić information content (AvgIpc) is 3.17. The van der Waals surface area contributed by atoms with Gasteiger partial charge in [-0.25, -0.2) is 0 Å². The number of nitrogens with zero attached hydrogens (tertiary/aromatic N) is 1. The lowest BCUT2D eigenvalue weighted by molar-refractivity contribution is 0.983. The highest BCUT2D eigenvalue weighted by atomic mass is 32.1. The topological polar surface area (TPSA) is 55.3 Å². The van der Waals surface area contributed by atoms with Gasteiger partial charge in [-0.05, 0) is 64.4 Å². The fraction of sp³-hybridized carbons (Fsp3) is 0.0435. The minimum Gasteiger partial charge on any atom is -0.399 e. The Labute approximate surface area is 163 Å². The van der Waals surface area contributed by atoms with Crippen molar-refractivity contribution in [2.24, 2.45) is 0 Å². The van der Waals surface area contributed by atoms with E-state index in [1.54, 1.807) is 11.3 Å². The van der Waals surface area contributed by atoms with E-state index in [9.17, 15) is 0 Å². The van der Waals surface area contributed by atoms with E-state index in [1.165, 1.54) is 5.56 Å². The first-order valence-electron chi connectivity index (χ1n) is 8.80. The van der Waals surface area contributed by atoms with Crippen LogP contribution in [-0.4, -0.2) is 0 Å². The molecule has 4 aromatic rings. The van der Waals surface area contributed by atoms with Gasteiger partial charge in [-0.3, -0.25) is 0 Å². The number of rotatable bonds is 5.